The van der Waals surface area contributed by atoms with Crippen LogP contribution in [0.5, 0.6) is 0 Å². The number of pyridine rings is 1. The molecule has 2 amide bonds. The fraction of sp³-hybridized carbons (Fsp3) is 0.0250. The first-order valence-corrected chi connectivity index (χ1v) is 16.9. The van der Waals surface area contributed by atoms with Crippen LogP contribution in [0.1, 0.15) is 26.7 Å². The lowest BCUT2D eigenvalue weighted by atomic mass is 10.0. The number of thioether (sulfide) groups is 1. The number of aromatic carboxylic acids is 1. The van der Waals surface area contributed by atoms with Gasteiger partial charge < -0.3 is 10.4 Å². The zero-order chi connectivity index (χ0) is 35.5. The van der Waals surface area contributed by atoms with Gasteiger partial charge >= 0.3 is 5.97 Å². The van der Waals surface area contributed by atoms with Crippen molar-refractivity contribution in [1.29, 1.82) is 0 Å². The lowest BCUT2D eigenvalue weighted by Crippen LogP contribution is -2.32. The first-order chi connectivity index (χ1) is 24.8. The van der Waals surface area contributed by atoms with Gasteiger partial charge in [0.1, 0.15) is 16.8 Å². The van der Waals surface area contributed by atoms with Crippen LogP contribution in [0.25, 0.3) is 28.2 Å². The van der Waals surface area contributed by atoms with Crippen molar-refractivity contribution in [1.82, 2.24) is 4.98 Å². The van der Waals surface area contributed by atoms with Gasteiger partial charge in [-0.2, -0.15) is 0 Å². The number of carbonyl (C=O) groups excluding carboxylic acids is 2. The molecule has 8 nitrogen and oxygen atoms in total. The zero-order valence-corrected chi connectivity index (χ0v) is 28.1. The Kier molecular flexibility index (Phi) is 9.43. The molecule has 6 aromatic rings. The van der Waals surface area contributed by atoms with Crippen molar-refractivity contribution in [2.45, 2.75) is 5.25 Å². The van der Waals surface area contributed by atoms with Crippen LogP contribution in [0, 0.1) is 5.82 Å². The van der Waals surface area contributed by atoms with Gasteiger partial charge in [-0.3, -0.25) is 14.5 Å². The average molecular weight is 713 g/mol. The predicted octanol–water partition coefficient (Wildman–Crippen LogP) is 9.25. The van der Waals surface area contributed by atoms with Gasteiger partial charge in [0.25, 0.3) is 5.91 Å². The molecular formula is C40H26ClFN4O4S. The molecule has 1 aromatic heterocycles. The van der Waals surface area contributed by atoms with Gasteiger partial charge in [-0.25, -0.2) is 19.2 Å². The summed E-state index contributed by atoms with van der Waals surface area (Å²) in [4.78, 5) is 50.5. The molecule has 0 spiro atoms. The SMILES string of the molecule is O=C(O)c1cc(-c2ccc(NC(=O)C(SC3=N/C(=C\c4c(F)cccc4Cl)C(=O)N3c3ccccc3)c3ccccc3)cc2)nc2ccccc12. The molecule has 2 heterocycles. The lowest BCUT2D eigenvalue weighted by Gasteiger charge is -2.22. The number of benzene rings is 5. The van der Waals surface area contributed by atoms with E-state index in [1.807, 2.05) is 36.4 Å². The van der Waals surface area contributed by atoms with E-state index in [-0.39, 0.29) is 32.9 Å². The Hall–Kier alpha value is -6.10. The maximum atomic E-state index is 14.7. The third kappa shape index (κ3) is 7.00. The standard InChI is InChI=1S/C40H26ClFN4O4S/c41-31-15-9-16-32(42)30(31)23-35-38(48)46(27-12-5-2-6-13-27)40(45-35)51-36(25-10-3-1-4-11-25)37(47)43-26-20-18-24(19-21-26)34-22-29(39(49)50)28-14-7-8-17-33(28)44-34/h1-23,36H,(H,43,47)(H,49,50)/b35-23-. The van der Waals surface area contributed by atoms with Crippen LogP contribution in [0.2, 0.25) is 5.02 Å². The molecule has 0 radical (unpaired) electrons. The smallest absolute Gasteiger partial charge is 0.336 e. The van der Waals surface area contributed by atoms with Crippen molar-refractivity contribution in [3.8, 4) is 11.3 Å². The van der Waals surface area contributed by atoms with Gasteiger partial charge in [0.2, 0.25) is 5.91 Å². The number of carbonyl (C=O) groups is 3. The largest absolute Gasteiger partial charge is 0.478 e. The fourth-order valence-electron chi connectivity index (χ4n) is 5.60. The van der Waals surface area contributed by atoms with Crippen molar-refractivity contribution >= 4 is 74.7 Å². The highest BCUT2D eigenvalue weighted by molar-refractivity contribution is 8.15. The maximum Gasteiger partial charge on any atom is 0.336 e. The van der Waals surface area contributed by atoms with Crippen LogP contribution < -0.4 is 10.2 Å². The van der Waals surface area contributed by atoms with E-state index in [0.29, 0.717) is 39.1 Å². The molecule has 1 atom stereocenters. The molecule has 250 valence electrons. The molecule has 0 saturated heterocycles. The van der Waals surface area contributed by atoms with E-state index in [2.05, 4.69) is 15.3 Å². The van der Waals surface area contributed by atoms with Gasteiger partial charge in [-0.05, 0) is 60.2 Å². The minimum absolute atomic E-state index is 0.0319. The quantitative estimate of drug-likeness (QED) is 0.152. The fourth-order valence-corrected chi connectivity index (χ4v) is 6.94. The van der Waals surface area contributed by atoms with Gasteiger partial charge in [0.15, 0.2) is 5.17 Å². The van der Waals surface area contributed by atoms with E-state index in [1.54, 1.807) is 72.8 Å². The summed E-state index contributed by atoms with van der Waals surface area (Å²) in [6.45, 7) is 0. The van der Waals surface area contributed by atoms with Gasteiger partial charge in [0, 0.05) is 22.2 Å². The zero-order valence-electron chi connectivity index (χ0n) is 26.5. The second kappa shape index (κ2) is 14.4. The summed E-state index contributed by atoms with van der Waals surface area (Å²) in [7, 11) is 0. The highest BCUT2D eigenvalue weighted by Crippen LogP contribution is 2.38. The lowest BCUT2D eigenvalue weighted by molar-refractivity contribution is -0.116. The molecule has 1 unspecified atom stereocenters. The first-order valence-electron chi connectivity index (χ1n) is 15.7. The minimum atomic E-state index is -1.05. The van der Waals surface area contributed by atoms with Crippen LogP contribution in [0.15, 0.2) is 144 Å². The van der Waals surface area contributed by atoms with E-state index in [9.17, 15) is 23.9 Å². The summed E-state index contributed by atoms with van der Waals surface area (Å²) < 4.78 is 14.7. The number of anilines is 2. The maximum absolute atomic E-state index is 14.7. The number of hydrogen-bond donors (Lipinski definition) is 2. The third-order valence-corrected chi connectivity index (χ3v) is 9.62. The normalized spacial score (nSPS) is 14.1. The van der Waals surface area contributed by atoms with Gasteiger partial charge in [-0.1, -0.05) is 108 Å². The number of rotatable bonds is 8. The number of aromatic nitrogens is 1. The summed E-state index contributed by atoms with van der Waals surface area (Å²) in [5.74, 6) is -2.54. The summed E-state index contributed by atoms with van der Waals surface area (Å²) in [5.41, 5.74) is 3.51. The number of aliphatic imine (C=N–C) groups is 1. The number of halogens is 2. The van der Waals surface area contributed by atoms with Crippen LogP contribution in [-0.4, -0.2) is 33.0 Å². The number of fused-ring (bicyclic) bond motifs is 1. The van der Waals surface area contributed by atoms with Gasteiger partial charge in [-0.15, -0.1) is 0 Å². The van der Waals surface area contributed by atoms with E-state index < -0.39 is 22.9 Å². The molecule has 0 saturated carbocycles. The Labute approximate surface area is 300 Å². The Morgan fingerprint density at radius 3 is 2.25 bits per heavy atom. The minimum Gasteiger partial charge on any atom is -0.478 e. The van der Waals surface area contributed by atoms with Crippen LogP contribution in [-0.2, 0) is 9.59 Å². The molecule has 5 aromatic carbocycles. The van der Waals surface area contributed by atoms with Crippen LogP contribution in [0.4, 0.5) is 15.8 Å². The average Bonchev–Trinajstić information content (AvgIpc) is 3.46. The van der Waals surface area contributed by atoms with E-state index in [0.717, 1.165) is 11.8 Å². The van der Waals surface area contributed by atoms with Crippen LogP contribution in [0.3, 0.4) is 0 Å². The number of carboxylic acids is 1. The predicted molar refractivity (Wildman–Crippen MR) is 200 cm³/mol. The van der Waals surface area contributed by atoms with Gasteiger partial charge in [0.05, 0.1) is 27.5 Å². The number of carboxylic acid groups (broad SMARTS) is 1. The Balaban J connectivity index is 1.20. The van der Waals surface area contributed by atoms with E-state index >= 15 is 0 Å². The second-order valence-electron chi connectivity index (χ2n) is 11.4. The monoisotopic (exact) mass is 712 g/mol. The number of amidine groups is 1. The van der Waals surface area contributed by atoms with Crippen molar-refractivity contribution in [2.75, 3.05) is 10.2 Å². The number of nitrogens with one attached hydrogen (secondary N) is 1. The number of para-hydroxylation sites is 2. The number of amides is 2. The highest BCUT2D eigenvalue weighted by Gasteiger charge is 2.36. The summed E-state index contributed by atoms with van der Waals surface area (Å²) in [5, 5.41) is 12.8. The van der Waals surface area contributed by atoms with Crippen molar-refractivity contribution in [2.24, 2.45) is 4.99 Å². The molecule has 7 rings (SSSR count). The molecule has 11 heteroatoms. The molecule has 51 heavy (non-hydrogen) atoms. The molecule has 2 N–H and O–H groups in total. The van der Waals surface area contributed by atoms with E-state index in [4.69, 9.17) is 11.6 Å². The van der Waals surface area contributed by atoms with Crippen molar-refractivity contribution < 1.29 is 23.9 Å². The molecule has 0 bridgehead atoms. The second-order valence-corrected chi connectivity index (χ2v) is 12.9. The Bertz CT molecular complexity index is 2350. The third-order valence-electron chi connectivity index (χ3n) is 8.08. The Morgan fingerprint density at radius 1 is 0.863 bits per heavy atom. The first kappa shape index (κ1) is 33.4. The summed E-state index contributed by atoms with van der Waals surface area (Å²) in [6, 6.07) is 37.7. The Morgan fingerprint density at radius 2 is 1.55 bits per heavy atom. The van der Waals surface area contributed by atoms with Crippen molar-refractivity contribution in [3.05, 3.63) is 167 Å². The van der Waals surface area contributed by atoms with Crippen LogP contribution >= 0.6 is 23.4 Å². The molecule has 1 aliphatic rings. The molecular weight excluding hydrogens is 687 g/mol. The summed E-state index contributed by atoms with van der Waals surface area (Å²) in [6.07, 6.45) is 1.31. The van der Waals surface area contributed by atoms with Crippen molar-refractivity contribution in [3.63, 3.8) is 0 Å². The number of hydrogen-bond acceptors (Lipinski definition) is 6. The topological polar surface area (TPSA) is 112 Å². The molecule has 0 fully saturated rings. The molecule has 0 aliphatic carbocycles. The highest BCUT2D eigenvalue weighted by atomic mass is 35.5. The number of nitrogens with zero attached hydrogens (tertiary/aromatic N) is 3. The van der Waals surface area contributed by atoms with E-state index in [1.165, 1.54) is 35.2 Å². The summed E-state index contributed by atoms with van der Waals surface area (Å²) >= 11 is 7.35. The molecule has 1 aliphatic heterocycles.